The second-order valence-electron chi connectivity index (χ2n) is 4.99. The first kappa shape index (κ1) is 13.9. The lowest BCUT2D eigenvalue weighted by molar-refractivity contribution is 0.210. The second kappa shape index (κ2) is 7.17. The summed E-state index contributed by atoms with van der Waals surface area (Å²) in [5.74, 6) is 0. The van der Waals surface area contributed by atoms with Crippen LogP contribution in [0.25, 0.3) is 0 Å². The largest absolute Gasteiger partial charge is 0.329 e. The van der Waals surface area contributed by atoms with Gasteiger partial charge in [0.1, 0.15) is 0 Å². The average molecular weight is 264 g/mol. The Hall–Kier alpha value is -0.510. The number of benzene rings is 1. The Labute approximate surface area is 115 Å². The molecular weight excluding hydrogens is 240 g/mol. The Morgan fingerprint density at radius 3 is 2.72 bits per heavy atom. The quantitative estimate of drug-likeness (QED) is 0.906. The Morgan fingerprint density at radius 1 is 1.28 bits per heavy atom. The molecule has 0 aliphatic carbocycles. The van der Waals surface area contributed by atoms with E-state index in [9.17, 15) is 0 Å². The van der Waals surface area contributed by atoms with Gasteiger partial charge in [0.25, 0.3) is 0 Å². The zero-order chi connectivity index (χ0) is 12.8. The third-order valence-corrected chi connectivity index (χ3v) is 5.03. The zero-order valence-corrected chi connectivity index (χ0v) is 12.0. The molecule has 1 aliphatic heterocycles. The molecule has 100 valence electrons. The average Bonchev–Trinajstić information content (AvgIpc) is 2.66. The number of hydrogen-bond donors (Lipinski definition) is 1. The van der Waals surface area contributed by atoms with Gasteiger partial charge in [-0.25, -0.2) is 0 Å². The third-order valence-electron chi connectivity index (χ3n) is 3.89. The van der Waals surface area contributed by atoms with E-state index in [0.717, 1.165) is 5.25 Å². The van der Waals surface area contributed by atoms with Gasteiger partial charge in [-0.15, -0.1) is 0 Å². The lowest BCUT2D eigenvalue weighted by atomic mass is 10.1. The molecule has 2 rings (SSSR count). The van der Waals surface area contributed by atoms with Gasteiger partial charge in [-0.2, -0.15) is 11.8 Å². The Balaban J connectivity index is 2.04. The molecule has 2 atom stereocenters. The van der Waals surface area contributed by atoms with Gasteiger partial charge in [0.05, 0.1) is 0 Å². The van der Waals surface area contributed by atoms with E-state index in [1.54, 1.807) is 0 Å². The maximum absolute atomic E-state index is 6.01. The highest BCUT2D eigenvalue weighted by Crippen LogP contribution is 2.26. The van der Waals surface area contributed by atoms with E-state index in [-0.39, 0.29) is 0 Å². The number of rotatable bonds is 4. The normalized spacial score (nSPS) is 23.6. The summed E-state index contributed by atoms with van der Waals surface area (Å²) in [6.45, 7) is 3.09. The highest BCUT2D eigenvalue weighted by atomic mass is 32.2. The van der Waals surface area contributed by atoms with Crippen LogP contribution in [-0.4, -0.2) is 36.0 Å². The van der Waals surface area contributed by atoms with E-state index in [1.165, 1.54) is 37.9 Å². The van der Waals surface area contributed by atoms with Crippen LogP contribution < -0.4 is 5.73 Å². The second-order valence-corrected chi connectivity index (χ2v) is 6.12. The zero-order valence-electron chi connectivity index (χ0n) is 11.2. The minimum absolute atomic E-state index is 0.395. The molecule has 3 heteroatoms. The van der Waals surface area contributed by atoms with Crippen molar-refractivity contribution in [3.05, 3.63) is 35.9 Å². The van der Waals surface area contributed by atoms with Gasteiger partial charge in [0.2, 0.25) is 0 Å². The van der Waals surface area contributed by atoms with Crippen LogP contribution in [0.4, 0.5) is 0 Å². The van der Waals surface area contributed by atoms with E-state index in [0.29, 0.717) is 12.6 Å². The standard InChI is InChI=1S/C15H24N2S/c1-18-14-8-5-10-17(11-9-14)15(12-16)13-6-3-2-4-7-13/h2-4,6-7,14-15H,5,8-12,16H2,1H3. The van der Waals surface area contributed by atoms with Crippen LogP contribution in [0, 0.1) is 0 Å². The molecule has 1 saturated heterocycles. The van der Waals surface area contributed by atoms with E-state index in [4.69, 9.17) is 5.73 Å². The topological polar surface area (TPSA) is 29.3 Å². The Kier molecular flexibility index (Phi) is 5.54. The van der Waals surface area contributed by atoms with Crippen molar-refractivity contribution in [1.82, 2.24) is 4.90 Å². The van der Waals surface area contributed by atoms with Gasteiger partial charge in [-0.3, -0.25) is 4.90 Å². The van der Waals surface area contributed by atoms with Gasteiger partial charge >= 0.3 is 0 Å². The van der Waals surface area contributed by atoms with Crippen LogP contribution in [0.15, 0.2) is 30.3 Å². The highest BCUT2D eigenvalue weighted by Gasteiger charge is 2.22. The molecule has 1 heterocycles. The number of nitrogens with two attached hydrogens (primary N) is 1. The summed E-state index contributed by atoms with van der Waals surface area (Å²) in [5.41, 5.74) is 7.37. The number of nitrogens with zero attached hydrogens (tertiary/aromatic N) is 1. The summed E-state index contributed by atoms with van der Waals surface area (Å²) in [6, 6.07) is 11.1. The van der Waals surface area contributed by atoms with Crippen molar-refractivity contribution in [1.29, 1.82) is 0 Å². The molecule has 1 aromatic carbocycles. The number of hydrogen-bond acceptors (Lipinski definition) is 3. The van der Waals surface area contributed by atoms with Crippen molar-refractivity contribution >= 4 is 11.8 Å². The lowest BCUT2D eigenvalue weighted by Crippen LogP contribution is -2.34. The van der Waals surface area contributed by atoms with E-state index < -0.39 is 0 Å². The van der Waals surface area contributed by atoms with Crippen molar-refractivity contribution in [2.75, 3.05) is 25.9 Å². The van der Waals surface area contributed by atoms with E-state index in [2.05, 4.69) is 41.5 Å². The van der Waals surface area contributed by atoms with E-state index >= 15 is 0 Å². The first-order valence-electron chi connectivity index (χ1n) is 6.87. The fourth-order valence-corrected chi connectivity index (χ4v) is 3.55. The molecule has 2 nitrogen and oxygen atoms in total. The van der Waals surface area contributed by atoms with Crippen LogP contribution in [-0.2, 0) is 0 Å². The number of likely N-dealkylation sites (tertiary alicyclic amines) is 1. The Morgan fingerprint density at radius 2 is 2.06 bits per heavy atom. The van der Waals surface area contributed by atoms with Crippen LogP contribution in [0.1, 0.15) is 30.9 Å². The molecule has 0 amide bonds. The summed E-state index contributed by atoms with van der Waals surface area (Å²) in [6.07, 6.45) is 6.18. The van der Waals surface area contributed by atoms with Crippen molar-refractivity contribution in [2.24, 2.45) is 5.73 Å². The van der Waals surface area contributed by atoms with Gasteiger partial charge in [-0.05, 0) is 44.2 Å². The molecule has 1 aliphatic rings. The molecular formula is C15H24N2S. The molecule has 0 aromatic heterocycles. The fraction of sp³-hybridized carbons (Fsp3) is 0.600. The van der Waals surface area contributed by atoms with Gasteiger partial charge in [-0.1, -0.05) is 30.3 Å². The minimum Gasteiger partial charge on any atom is -0.329 e. The smallest absolute Gasteiger partial charge is 0.0470 e. The molecule has 1 fully saturated rings. The monoisotopic (exact) mass is 264 g/mol. The summed E-state index contributed by atoms with van der Waals surface area (Å²) < 4.78 is 0. The maximum Gasteiger partial charge on any atom is 0.0470 e. The molecule has 2 N–H and O–H groups in total. The Bertz CT molecular complexity index is 342. The van der Waals surface area contributed by atoms with Crippen molar-refractivity contribution in [2.45, 2.75) is 30.6 Å². The van der Waals surface area contributed by atoms with Crippen molar-refractivity contribution in [3.8, 4) is 0 Å². The predicted molar refractivity (Wildman–Crippen MR) is 81.0 cm³/mol. The fourth-order valence-electron chi connectivity index (χ4n) is 2.81. The van der Waals surface area contributed by atoms with Crippen molar-refractivity contribution < 1.29 is 0 Å². The summed E-state index contributed by atoms with van der Waals surface area (Å²) in [5, 5.41) is 0.837. The molecule has 0 bridgehead atoms. The van der Waals surface area contributed by atoms with Gasteiger partial charge in [0, 0.05) is 17.8 Å². The third kappa shape index (κ3) is 3.50. The van der Waals surface area contributed by atoms with Crippen molar-refractivity contribution in [3.63, 3.8) is 0 Å². The first-order chi connectivity index (χ1) is 8.85. The molecule has 0 saturated carbocycles. The molecule has 1 aromatic rings. The molecule has 2 unspecified atom stereocenters. The summed E-state index contributed by atoms with van der Waals surface area (Å²) in [7, 11) is 0. The maximum atomic E-state index is 6.01. The molecule has 0 spiro atoms. The number of thioether (sulfide) groups is 1. The lowest BCUT2D eigenvalue weighted by Gasteiger charge is -2.30. The minimum atomic E-state index is 0.395. The summed E-state index contributed by atoms with van der Waals surface area (Å²) in [4.78, 5) is 2.57. The predicted octanol–water partition coefficient (Wildman–Crippen LogP) is 2.90. The van der Waals surface area contributed by atoms with Crippen LogP contribution in [0.5, 0.6) is 0 Å². The molecule has 18 heavy (non-hydrogen) atoms. The van der Waals surface area contributed by atoms with E-state index in [1.807, 2.05) is 11.8 Å². The van der Waals surface area contributed by atoms with Crippen LogP contribution >= 0.6 is 11.8 Å². The molecule has 0 radical (unpaired) electrons. The van der Waals surface area contributed by atoms with Crippen LogP contribution in [0.2, 0.25) is 0 Å². The van der Waals surface area contributed by atoms with Gasteiger partial charge < -0.3 is 5.73 Å². The van der Waals surface area contributed by atoms with Crippen LogP contribution in [0.3, 0.4) is 0 Å². The van der Waals surface area contributed by atoms with Gasteiger partial charge in [0.15, 0.2) is 0 Å². The highest BCUT2D eigenvalue weighted by molar-refractivity contribution is 7.99. The SMILES string of the molecule is CSC1CCCN(C(CN)c2ccccc2)CC1. The summed E-state index contributed by atoms with van der Waals surface area (Å²) >= 11 is 2.02. The first-order valence-corrected chi connectivity index (χ1v) is 8.15.